The van der Waals surface area contributed by atoms with Crippen LogP contribution in [0.15, 0.2) is 42.5 Å². The molecule has 0 radical (unpaired) electrons. The van der Waals surface area contributed by atoms with Crippen LogP contribution in [0.3, 0.4) is 0 Å². The summed E-state index contributed by atoms with van der Waals surface area (Å²) < 4.78 is 1.73. The first-order chi connectivity index (χ1) is 13.3. The number of hydrogen-bond acceptors (Lipinski definition) is 6. The highest BCUT2D eigenvalue weighted by Gasteiger charge is 2.16. The normalized spacial score (nSPS) is 14.0. The van der Waals surface area contributed by atoms with Crippen molar-refractivity contribution in [1.82, 2.24) is 25.1 Å². The molecular formula is C19H22N6OS. The number of nitrogens with one attached hydrogen (secondary N) is 1. The Morgan fingerprint density at radius 1 is 1.07 bits per heavy atom. The van der Waals surface area contributed by atoms with Gasteiger partial charge in [-0.1, -0.05) is 30.3 Å². The van der Waals surface area contributed by atoms with E-state index in [9.17, 15) is 4.79 Å². The first-order valence-corrected chi connectivity index (χ1v) is 10.3. The Morgan fingerprint density at radius 3 is 2.70 bits per heavy atom. The zero-order chi connectivity index (χ0) is 18.5. The highest BCUT2D eigenvalue weighted by atomic mass is 32.2. The van der Waals surface area contributed by atoms with Crippen LogP contribution in [0.2, 0.25) is 0 Å². The van der Waals surface area contributed by atoms with E-state index in [0.29, 0.717) is 23.8 Å². The lowest BCUT2D eigenvalue weighted by Gasteiger charge is -2.15. The zero-order valence-corrected chi connectivity index (χ0v) is 15.9. The third-order valence-corrected chi connectivity index (χ3v) is 5.54. The Hall–Kier alpha value is -2.61. The molecule has 3 heterocycles. The van der Waals surface area contributed by atoms with E-state index >= 15 is 0 Å². The van der Waals surface area contributed by atoms with E-state index in [1.165, 1.54) is 18.4 Å². The van der Waals surface area contributed by atoms with Gasteiger partial charge in [-0.15, -0.1) is 27.1 Å². The fraction of sp³-hybridized carbons (Fsp3) is 0.368. The summed E-state index contributed by atoms with van der Waals surface area (Å²) in [5.74, 6) is 2.81. The van der Waals surface area contributed by atoms with Gasteiger partial charge in [-0.25, -0.2) is 0 Å². The molecule has 3 aromatic rings. The van der Waals surface area contributed by atoms with Gasteiger partial charge in [0.25, 0.3) is 0 Å². The monoisotopic (exact) mass is 382 g/mol. The number of rotatable bonds is 7. The summed E-state index contributed by atoms with van der Waals surface area (Å²) in [7, 11) is 0. The van der Waals surface area contributed by atoms with Crippen LogP contribution in [0.25, 0.3) is 5.65 Å². The maximum absolute atomic E-state index is 12.1. The zero-order valence-electron chi connectivity index (χ0n) is 15.0. The molecule has 140 valence electrons. The summed E-state index contributed by atoms with van der Waals surface area (Å²) in [4.78, 5) is 14.4. The third kappa shape index (κ3) is 4.39. The van der Waals surface area contributed by atoms with Crippen molar-refractivity contribution in [2.75, 3.05) is 23.7 Å². The van der Waals surface area contributed by atoms with E-state index in [1.54, 1.807) is 16.3 Å². The number of amides is 1. The molecule has 4 rings (SSSR count). The minimum atomic E-state index is -0.0108. The van der Waals surface area contributed by atoms with Crippen LogP contribution in [0, 0.1) is 0 Å². The van der Waals surface area contributed by atoms with Crippen LogP contribution < -0.4 is 10.2 Å². The number of aromatic nitrogens is 4. The van der Waals surface area contributed by atoms with Gasteiger partial charge in [-0.3, -0.25) is 4.79 Å². The molecule has 0 atom stereocenters. The van der Waals surface area contributed by atoms with Gasteiger partial charge in [0.2, 0.25) is 5.91 Å². The predicted octanol–water partition coefficient (Wildman–Crippen LogP) is 2.27. The highest BCUT2D eigenvalue weighted by Crippen LogP contribution is 2.18. The largest absolute Gasteiger partial charge is 0.355 e. The second-order valence-corrected chi connectivity index (χ2v) is 7.51. The topological polar surface area (TPSA) is 75.4 Å². The van der Waals surface area contributed by atoms with Crippen molar-refractivity contribution in [2.24, 2.45) is 0 Å². The third-order valence-electron chi connectivity index (χ3n) is 4.53. The molecule has 2 aromatic heterocycles. The molecule has 1 saturated heterocycles. The fourth-order valence-corrected chi connectivity index (χ4v) is 3.93. The van der Waals surface area contributed by atoms with Gasteiger partial charge in [-0.2, -0.15) is 4.52 Å². The Balaban J connectivity index is 1.32. The van der Waals surface area contributed by atoms with Crippen LogP contribution in [-0.2, 0) is 17.1 Å². The first-order valence-electron chi connectivity index (χ1n) is 9.14. The number of fused-ring (bicyclic) bond motifs is 1. The standard InChI is InChI=1S/C19H22N6OS/c26-19(14-27-13-15-6-2-1-3-7-15)20-12-18-22-21-16-8-9-17(23-25(16)18)24-10-4-5-11-24/h1-3,6-9H,4-5,10-14H2,(H,20,26). The van der Waals surface area contributed by atoms with E-state index in [1.807, 2.05) is 30.3 Å². The van der Waals surface area contributed by atoms with Crippen molar-refractivity contribution in [2.45, 2.75) is 25.1 Å². The molecule has 1 N–H and O–H groups in total. The lowest BCUT2D eigenvalue weighted by molar-refractivity contribution is -0.118. The molecule has 8 heteroatoms. The molecule has 27 heavy (non-hydrogen) atoms. The van der Waals surface area contributed by atoms with Gasteiger partial charge in [0.05, 0.1) is 12.3 Å². The van der Waals surface area contributed by atoms with Gasteiger partial charge < -0.3 is 10.2 Å². The summed E-state index contributed by atoms with van der Waals surface area (Å²) in [6, 6.07) is 14.1. The van der Waals surface area contributed by atoms with Gasteiger partial charge in [0, 0.05) is 18.8 Å². The molecule has 0 bridgehead atoms. The van der Waals surface area contributed by atoms with Crippen LogP contribution in [-0.4, -0.2) is 44.6 Å². The van der Waals surface area contributed by atoms with Crippen molar-refractivity contribution in [1.29, 1.82) is 0 Å². The van der Waals surface area contributed by atoms with Crippen molar-refractivity contribution < 1.29 is 4.79 Å². The SMILES string of the molecule is O=C(CSCc1ccccc1)NCc1nnc2ccc(N3CCCC3)nn12. The lowest BCUT2D eigenvalue weighted by atomic mass is 10.2. The van der Waals surface area contributed by atoms with E-state index in [0.717, 1.165) is 24.7 Å². The molecule has 0 saturated carbocycles. The quantitative estimate of drug-likeness (QED) is 0.676. The minimum Gasteiger partial charge on any atom is -0.355 e. The van der Waals surface area contributed by atoms with Crippen molar-refractivity contribution >= 4 is 29.1 Å². The molecule has 1 aromatic carbocycles. The molecule has 0 aliphatic carbocycles. The number of thioether (sulfide) groups is 1. The second kappa shape index (κ2) is 8.39. The second-order valence-electron chi connectivity index (χ2n) is 6.53. The molecule has 1 amide bonds. The minimum absolute atomic E-state index is 0.0108. The molecule has 0 unspecified atom stereocenters. The van der Waals surface area contributed by atoms with Crippen LogP contribution >= 0.6 is 11.8 Å². The van der Waals surface area contributed by atoms with E-state index < -0.39 is 0 Å². The Morgan fingerprint density at radius 2 is 1.89 bits per heavy atom. The summed E-state index contributed by atoms with van der Waals surface area (Å²) in [5.41, 5.74) is 1.91. The summed E-state index contributed by atoms with van der Waals surface area (Å²) in [6.07, 6.45) is 2.40. The van der Waals surface area contributed by atoms with Crippen LogP contribution in [0.1, 0.15) is 24.2 Å². The average Bonchev–Trinajstić information content (AvgIpc) is 3.37. The number of carbonyl (C=O) groups excluding carboxylic acids is 1. The molecule has 1 aliphatic heterocycles. The summed E-state index contributed by atoms with van der Waals surface area (Å²) in [6.45, 7) is 2.39. The van der Waals surface area contributed by atoms with Crippen LogP contribution in [0.5, 0.6) is 0 Å². The summed E-state index contributed by atoms with van der Waals surface area (Å²) in [5, 5.41) is 15.9. The fourth-order valence-electron chi connectivity index (χ4n) is 3.11. The number of carbonyl (C=O) groups is 1. The molecule has 1 fully saturated rings. The van der Waals surface area contributed by atoms with Gasteiger partial charge in [-0.05, 0) is 30.5 Å². The van der Waals surface area contributed by atoms with E-state index in [-0.39, 0.29) is 5.91 Å². The van der Waals surface area contributed by atoms with Gasteiger partial charge in [0.15, 0.2) is 11.5 Å². The Labute approximate surface area is 162 Å². The van der Waals surface area contributed by atoms with E-state index in [2.05, 4.69) is 37.6 Å². The van der Waals surface area contributed by atoms with Crippen molar-refractivity contribution in [3.63, 3.8) is 0 Å². The first kappa shape index (κ1) is 17.8. The maximum atomic E-state index is 12.1. The average molecular weight is 382 g/mol. The van der Waals surface area contributed by atoms with Crippen LogP contribution in [0.4, 0.5) is 5.82 Å². The lowest BCUT2D eigenvalue weighted by Crippen LogP contribution is -2.26. The van der Waals surface area contributed by atoms with Gasteiger partial charge >= 0.3 is 0 Å². The number of hydrogen-bond donors (Lipinski definition) is 1. The van der Waals surface area contributed by atoms with Crippen molar-refractivity contribution in [3.05, 3.63) is 53.9 Å². The Bertz CT molecular complexity index is 907. The molecule has 0 spiro atoms. The smallest absolute Gasteiger partial charge is 0.230 e. The number of benzene rings is 1. The molecule has 7 nitrogen and oxygen atoms in total. The molecule has 1 aliphatic rings. The Kier molecular flexibility index (Phi) is 5.53. The summed E-state index contributed by atoms with van der Waals surface area (Å²) >= 11 is 1.60. The van der Waals surface area contributed by atoms with E-state index in [4.69, 9.17) is 0 Å². The number of anilines is 1. The maximum Gasteiger partial charge on any atom is 0.230 e. The predicted molar refractivity (Wildman–Crippen MR) is 107 cm³/mol. The van der Waals surface area contributed by atoms with Gasteiger partial charge in [0.1, 0.15) is 5.82 Å². The number of nitrogens with zero attached hydrogens (tertiary/aromatic N) is 5. The van der Waals surface area contributed by atoms with Crippen molar-refractivity contribution in [3.8, 4) is 0 Å². The highest BCUT2D eigenvalue weighted by molar-refractivity contribution is 7.99. The molecular weight excluding hydrogens is 360 g/mol.